The summed E-state index contributed by atoms with van der Waals surface area (Å²) in [4.78, 5) is 12.1. The quantitative estimate of drug-likeness (QED) is 0.720. The number of hydrogen-bond acceptors (Lipinski definition) is 4. The maximum absolute atomic E-state index is 12.1. The van der Waals surface area contributed by atoms with Gasteiger partial charge in [0.25, 0.3) is 0 Å². The van der Waals surface area contributed by atoms with E-state index in [0.717, 1.165) is 17.5 Å². The zero-order valence-electron chi connectivity index (χ0n) is 15.7. The van der Waals surface area contributed by atoms with Gasteiger partial charge in [-0.1, -0.05) is 49.7 Å². The Hall–Kier alpha value is -2.53. The van der Waals surface area contributed by atoms with Gasteiger partial charge in [0.05, 0.1) is 19.2 Å². The molecule has 0 aliphatic rings. The number of amides is 1. The molecule has 2 aromatic rings. The summed E-state index contributed by atoms with van der Waals surface area (Å²) >= 11 is 0. The average Bonchev–Trinajstić information content (AvgIpc) is 2.67. The van der Waals surface area contributed by atoms with E-state index in [9.17, 15) is 4.79 Å². The molecule has 26 heavy (non-hydrogen) atoms. The van der Waals surface area contributed by atoms with Crippen molar-refractivity contribution in [2.45, 2.75) is 45.4 Å². The normalized spacial score (nSPS) is 12.9. The zero-order valence-corrected chi connectivity index (χ0v) is 15.7. The minimum atomic E-state index is -0.474. The molecule has 0 bridgehead atoms. The number of hydrogen-bond donors (Lipinski definition) is 2. The molecule has 0 fully saturated rings. The van der Waals surface area contributed by atoms with Gasteiger partial charge in [-0.05, 0) is 36.6 Å². The second-order valence-electron chi connectivity index (χ2n) is 6.31. The van der Waals surface area contributed by atoms with Crippen molar-refractivity contribution in [2.24, 2.45) is 5.73 Å². The molecule has 0 aromatic heterocycles. The van der Waals surface area contributed by atoms with Gasteiger partial charge in [-0.25, -0.2) is 0 Å². The van der Waals surface area contributed by atoms with Crippen LogP contribution >= 0.6 is 0 Å². The highest BCUT2D eigenvalue weighted by Gasteiger charge is 2.17. The van der Waals surface area contributed by atoms with E-state index in [0.29, 0.717) is 24.5 Å². The van der Waals surface area contributed by atoms with Crippen LogP contribution in [0.15, 0.2) is 48.5 Å². The third-order valence-corrected chi connectivity index (χ3v) is 4.22. The summed E-state index contributed by atoms with van der Waals surface area (Å²) in [5.41, 5.74) is 7.90. The van der Waals surface area contributed by atoms with Crippen molar-refractivity contribution in [1.82, 2.24) is 5.32 Å². The summed E-state index contributed by atoms with van der Waals surface area (Å²) in [7, 11) is 1.61. The highest BCUT2D eigenvalue weighted by atomic mass is 16.5. The minimum absolute atomic E-state index is 0.136. The Morgan fingerprint density at radius 1 is 1.15 bits per heavy atom. The van der Waals surface area contributed by atoms with Crippen LogP contribution in [0.4, 0.5) is 0 Å². The molecule has 2 unspecified atom stereocenters. The fraction of sp³-hybridized carbons (Fsp3) is 0.381. The number of benzene rings is 2. The highest BCUT2D eigenvalue weighted by Crippen LogP contribution is 2.31. The van der Waals surface area contributed by atoms with Crippen molar-refractivity contribution < 1.29 is 14.3 Å². The van der Waals surface area contributed by atoms with Crippen LogP contribution in [0.3, 0.4) is 0 Å². The monoisotopic (exact) mass is 356 g/mol. The molecule has 0 saturated carbocycles. The Kier molecular flexibility index (Phi) is 7.48. The molecule has 2 aromatic carbocycles. The maximum atomic E-state index is 12.1. The van der Waals surface area contributed by atoms with Gasteiger partial charge in [0.1, 0.15) is 6.61 Å². The number of methoxy groups -OCH3 is 1. The first-order valence-corrected chi connectivity index (χ1v) is 8.95. The molecule has 0 aliphatic carbocycles. The number of ether oxygens (including phenoxy) is 2. The van der Waals surface area contributed by atoms with Crippen LogP contribution in [0.25, 0.3) is 0 Å². The van der Waals surface area contributed by atoms with Crippen molar-refractivity contribution in [1.29, 1.82) is 0 Å². The molecule has 2 atom stereocenters. The van der Waals surface area contributed by atoms with Crippen LogP contribution in [0.1, 0.15) is 43.9 Å². The second-order valence-corrected chi connectivity index (χ2v) is 6.31. The summed E-state index contributed by atoms with van der Waals surface area (Å²) < 4.78 is 11.3. The van der Waals surface area contributed by atoms with Gasteiger partial charge in [0.2, 0.25) is 5.91 Å². The summed E-state index contributed by atoms with van der Waals surface area (Å²) in [5.74, 6) is 1.17. The first-order chi connectivity index (χ1) is 12.5. The summed E-state index contributed by atoms with van der Waals surface area (Å²) in [6, 6.07) is 15.0. The van der Waals surface area contributed by atoms with Crippen LogP contribution in [0.2, 0.25) is 0 Å². The van der Waals surface area contributed by atoms with E-state index in [1.54, 1.807) is 7.11 Å². The fourth-order valence-electron chi connectivity index (χ4n) is 2.65. The topological polar surface area (TPSA) is 73.6 Å². The molecule has 0 heterocycles. The third kappa shape index (κ3) is 5.49. The van der Waals surface area contributed by atoms with Crippen LogP contribution in [-0.4, -0.2) is 19.1 Å². The molecule has 0 radical (unpaired) electrons. The zero-order chi connectivity index (χ0) is 18.9. The van der Waals surface area contributed by atoms with E-state index in [1.807, 2.05) is 62.4 Å². The largest absolute Gasteiger partial charge is 0.493 e. The van der Waals surface area contributed by atoms with Crippen molar-refractivity contribution in [2.75, 3.05) is 7.11 Å². The predicted molar refractivity (Wildman–Crippen MR) is 103 cm³/mol. The summed E-state index contributed by atoms with van der Waals surface area (Å²) in [5, 5.41) is 2.95. The van der Waals surface area contributed by atoms with E-state index >= 15 is 0 Å². The lowest BCUT2D eigenvalue weighted by atomic mass is 10.1. The molecule has 5 nitrogen and oxygen atoms in total. The Bertz CT molecular complexity index is 704. The molecular weight excluding hydrogens is 328 g/mol. The molecule has 3 N–H and O–H groups in total. The summed E-state index contributed by atoms with van der Waals surface area (Å²) in [6.45, 7) is 4.40. The lowest BCUT2D eigenvalue weighted by Crippen LogP contribution is -2.41. The summed E-state index contributed by atoms with van der Waals surface area (Å²) in [6.07, 6.45) is 1.55. The average molecular weight is 356 g/mol. The van der Waals surface area contributed by atoms with Crippen molar-refractivity contribution in [3.05, 3.63) is 59.7 Å². The lowest BCUT2D eigenvalue weighted by Gasteiger charge is -2.19. The molecule has 0 aliphatic heterocycles. The maximum Gasteiger partial charge on any atom is 0.237 e. The molecule has 140 valence electrons. The predicted octanol–water partition coefficient (Wildman–Crippen LogP) is 3.58. The van der Waals surface area contributed by atoms with E-state index < -0.39 is 6.04 Å². The Labute approximate surface area is 155 Å². The highest BCUT2D eigenvalue weighted by molar-refractivity contribution is 5.81. The number of carbonyl (C=O) groups is 1. The minimum Gasteiger partial charge on any atom is -0.493 e. The van der Waals surface area contributed by atoms with E-state index in [4.69, 9.17) is 15.2 Å². The van der Waals surface area contributed by atoms with E-state index in [1.165, 1.54) is 0 Å². The van der Waals surface area contributed by atoms with Crippen molar-refractivity contribution in [3.8, 4) is 11.5 Å². The van der Waals surface area contributed by atoms with Gasteiger partial charge in [-0.15, -0.1) is 0 Å². The van der Waals surface area contributed by atoms with Gasteiger partial charge < -0.3 is 20.5 Å². The number of carbonyl (C=O) groups excluding carboxylic acids is 1. The molecule has 0 spiro atoms. The van der Waals surface area contributed by atoms with E-state index in [2.05, 4.69) is 5.32 Å². The smallest absolute Gasteiger partial charge is 0.237 e. The standard InChI is InChI=1S/C21H28N2O3/c1-4-8-18(22)21(24)23-15(2)17-11-12-19(20(13-17)25-3)26-14-16-9-6-5-7-10-16/h5-7,9-13,15,18H,4,8,14,22H2,1-3H3,(H,23,24). The van der Waals surface area contributed by atoms with Gasteiger partial charge in [0, 0.05) is 0 Å². The number of rotatable bonds is 9. The molecule has 1 amide bonds. The molecule has 2 rings (SSSR count). The molecular formula is C21H28N2O3. The van der Waals surface area contributed by atoms with Gasteiger partial charge in [0.15, 0.2) is 11.5 Å². The Morgan fingerprint density at radius 3 is 2.54 bits per heavy atom. The van der Waals surface area contributed by atoms with Crippen LogP contribution in [0.5, 0.6) is 11.5 Å². The van der Waals surface area contributed by atoms with E-state index in [-0.39, 0.29) is 11.9 Å². The lowest BCUT2D eigenvalue weighted by molar-refractivity contribution is -0.123. The van der Waals surface area contributed by atoms with Gasteiger partial charge >= 0.3 is 0 Å². The molecule has 0 saturated heterocycles. The molecule has 5 heteroatoms. The van der Waals surface area contributed by atoms with Crippen LogP contribution in [0, 0.1) is 0 Å². The first-order valence-electron chi connectivity index (χ1n) is 8.95. The van der Waals surface area contributed by atoms with Crippen molar-refractivity contribution in [3.63, 3.8) is 0 Å². The second kappa shape index (κ2) is 9.82. The fourth-order valence-corrected chi connectivity index (χ4v) is 2.65. The van der Waals surface area contributed by atoms with Crippen LogP contribution in [-0.2, 0) is 11.4 Å². The number of nitrogens with one attached hydrogen (secondary N) is 1. The Balaban J connectivity index is 2.03. The third-order valence-electron chi connectivity index (χ3n) is 4.22. The van der Waals surface area contributed by atoms with Gasteiger partial charge in [-0.2, -0.15) is 0 Å². The SMILES string of the molecule is CCCC(N)C(=O)NC(C)c1ccc(OCc2ccccc2)c(OC)c1. The van der Waals surface area contributed by atoms with Crippen LogP contribution < -0.4 is 20.5 Å². The first kappa shape index (κ1) is 19.8. The van der Waals surface area contributed by atoms with Gasteiger partial charge in [-0.3, -0.25) is 4.79 Å². The number of nitrogens with two attached hydrogens (primary N) is 1. The van der Waals surface area contributed by atoms with Crippen molar-refractivity contribution >= 4 is 5.91 Å². The Morgan fingerprint density at radius 2 is 1.88 bits per heavy atom.